The monoisotopic (exact) mass is 354 g/mol. The number of sulfonamides is 1. The minimum Gasteiger partial charge on any atom is -0.410 e. The molecule has 0 saturated carbocycles. The zero-order valence-corrected chi connectivity index (χ0v) is 13.8. The minimum absolute atomic E-state index is 0.0524. The van der Waals surface area contributed by atoms with Gasteiger partial charge < -0.3 is 30.3 Å². The number of rotatable bonds is 5. The second-order valence-electron chi connectivity index (χ2n) is 4.17. The number of aromatic nitrogens is 2. The molecule has 10 heteroatoms. The maximum Gasteiger partial charge on any atom is 0.264 e. The van der Waals surface area contributed by atoms with Crippen LogP contribution in [0, 0.1) is 6.92 Å². The van der Waals surface area contributed by atoms with E-state index in [2.05, 4.69) is 25.5 Å². The molecule has 0 fully saturated rings. The molecular formula is C12H12N5O2S3-. The lowest BCUT2D eigenvalue weighted by Gasteiger charge is -2.13. The normalized spacial score (nSPS) is 10.8. The van der Waals surface area contributed by atoms with E-state index < -0.39 is 10.0 Å². The Morgan fingerprint density at radius 1 is 1.23 bits per heavy atom. The molecule has 0 aliphatic rings. The van der Waals surface area contributed by atoms with Crippen molar-refractivity contribution in [1.82, 2.24) is 15.4 Å². The van der Waals surface area contributed by atoms with Crippen LogP contribution in [0.4, 0.5) is 11.8 Å². The first-order chi connectivity index (χ1) is 10.4. The summed E-state index contributed by atoms with van der Waals surface area (Å²) in [6.45, 7) is 1.71. The second-order valence-corrected chi connectivity index (χ2v) is 6.93. The Morgan fingerprint density at radius 2 is 1.91 bits per heavy atom. The topological polar surface area (TPSA) is 96.0 Å². The van der Waals surface area contributed by atoms with Gasteiger partial charge in [0, 0.05) is 11.8 Å². The lowest BCUT2D eigenvalue weighted by Crippen LogP contribution is -2.26. The van der Waals surface area contributed by atoms with Crippen molar-refractivity contribution >= 4 is 51.0 Å². The average Bonchev–Trinajstić information content (AvgIpc) is 2.45. The third kappa shape index (κ3) is 4.48. The summed E-state index contributed by atoms with van der Waals surface area (Å²) in [5.74, 6) is 0.286. The van der Waals surface area contributed by atoms with E-state index in [9.17, 15) is 8.42 Å². The van der Waals surface area contributed by atoms with E-state index in [-0.39, 0.29) is 15.2 Å². The number of nitrogens with one attached hydrogen (secondary N) is 3. The summed E-state index contributed by atoms with van der Waals surface area (Å²) in [5, 5.41) is 0. The van der Waals surface area contributed by atoms with E-state index in [1.54, 1.807) is 31.2 Å². The van der Waals surface area contributed by atoms with Gasteiger partial charge in [-0.25, -0.2) is 18.1 Å². The molecule has 1 heterocycles. The molecule has 0 amide bonds. The molecule has 0 aliphatic heterocycles. The van der Waals surface area contributed by atoms with Gasteiger partial charge in [-0.3, -0.25) is 5.43 Å². The fourth-order valence-electron chi connectivity index (χ4n) is 1.57. The number of hydrazine groups is 1. The van der Waals surface area contributed by atoms with E-state index in [0.29, 0.717) is 11.5 Å². The zero-order chi connectivity index (χ0) is 16.2. The first-order valence-electron chi connectivity index (χ1n) is 6.03. The van der Waals surface area contributed by atoms with Crippen molar-refractivity contribution < 1.29 is 8.42 Å². The highest BCUT2D eigenvalue weighted by molar-refractivity contribution is 8.00. The number of benzene rings is 1. The van der Waals surface area contributed by atoms with Crippen molar-refractivity contribution in [3.05, 3.63) is 42.1 Å². The standard InChI is InChI=1S/C12H13N5O2S3/c1-8-7-10(15-16-12(20)21)14-11(13-8)17-22(18,19)9-5-3-2-4-6-9/h2-7H,1H3,(H2,16,20,21)(H2,13,14,15,17)/p-1. The van der Waals surface area contributed by atoms with Crippen LogP contribution in [-0.2, 0) is 22.7 Å². The molecule has 2 rings (SSSR count). The van der Waals surface area contributed by atoms with Gasteiger partial charge in [0.15, 0.2) is 0 Å². The zero-order valence-electron chi connectivity index (χ0n) is 11.4. The highest BCUT2D eigenvalue weighted by Gasteiger charge is 2.15. The van der Waals surface area contributed by atoms with Crippen molar-refractivity contribution in [2.24, 2.45) is 0 Å². The van der Waals surface area contributed by atoms with E-state index in [0.717, 1.165) is 0 Å². The van der Waals surface area contributed by atoms with Gasteiger partial charge in [0.2, 0.25) is 5.95 Å². The smallest absolute Gasteiger partial charge is 0.264 e. The number of thiocarbonyl (C=S) groups is 1. The number of aryl methyl sites for hydroxylation is 1. The molecule has 1 aromatic carbocycles. The first kappa shape index (κ1) is 16.3. The third-order valence-electron chi connectivity index (χ3n) is 2.43. The van der Waals surface area contributed by atoms with Gasteiger partial charge in [-0.2, -0.15) is 4.98 Å². The Balaban J connectivity index is 2.24. The predicted octanol–water partition coefficient (Wildman–Crippen LogP) is 1.33. The molecule has 116 valence electrons. The molecule has 3 N–H and O–H groups in total. The summed E-state index contributed by atoms with van der Waals surface area (Å²) < 4.78 is 26.9. The Hall–Kier alpha value is -2.04. The van der Waals surface area contributed by atoms with Gasteiger partial charge in [-0.15, -0.1) is 0 Å². The minimum atomic E-state index is -3.75. The van der Waals surface area contributed by atoms with Crippen LogP contribution in [0.15, 0.2) is 41.3 Å². The molecule has 1 aromatic heterocycles. The van der Waals surface area contributed by atoms with Crippen LogP contribution < -0.4 is 15.6 Å². The summed E-state index contributed by atoms with van der Waals surface area (Å²) in [4.78, 5) is 8.20. The second kappa shape index (κ2) is 6.81. The van der Waals surface area contributed by atoms with E-state index >= 15 is 0 Å². The van der Waals surface area contributed by atoms with Gasteiger partial charge in [0.1, 0.15) is 5.82 Å². The molecular weight excluding hydrogens is 342 g/mol. The Kier molecular flexibility index (Phi) is 5.06. The largest absolute Gasteiger partial charge is 0.410 e. The molecule has 0 saturated heterocycles. The maximum atomic E-state index is 12.2. The molecule has 0 atom stereocenters. The fourth-order valence-corrected chi connectivity index (χ4v) is 2.64. The van der Waals surface area contributed by atoms with Gasteiger partial charge in [0.25, 0.3) is 10.0 Å². The molecule has 0 unspecified atom stereocenters. The Bertz CT molecular complexity index is 781. The fraction of sp³-hybridized carbons (Fsp3) is 0.0833. The van der Waals surface area contributed by atoms with Crippen molar-refractivity contribution in [2.75, 3.05) is 10.1 Å². The highest BCUT2D eigenvalue weighted by Crippen LogP contribution is 2.14. The van der Waals surface area contributed by atoms with Crippen LogP contribution in [0.2, 0.25) is 0 Å². The summed E-state index contributed by atoms with van der Waals surface area (Å²) in [6.07, 6.45) is 0. The van der Waals surface area contributed by atoms with Crippen molar-refractivity contribution in [2.45, 2.75) is 11.8 Å². The van der Waals surface area contributed by atoms with Crippen LogP contribution in [0.25, 0.3) is 0 Å². The van der Waals surface area contributed by atoms with Gasteiger partial charge in [-0.05, 0) is 23.4 Å². The Morgan fingerprint density at radius 3 is 2.55 bits per heavy atom. The van der Waals surface area contributed by atoms with Crippen molar-refractivity contribution in [3.63, 3.8) is 0 Å². The third-order valence-corrected chi connectivity index (χ3v) is 3.97. The number of hydrogen-bond acceptors (Lipinski definition) is 7. The summed E-state index contributed by atoms with van der Waals surface area (Å²) >= 11 is 9.40. The quantitative estimate of drug-likeness (QED) is 0.420. The van der Waals surface area contributed by atoms with Gasteiger partial charge in [0.05, 0.1) is 4.90 Å². The Labute approximate surface area is 139 Å². The van der Waals surface area contributed by atoms with Gasteiger partial charge in [-0.1, -0.05) is 18.2 Å². The molecule has 0 spiro atoms. The summed E-state index contributed by atoms with van der Waals surface area (Å²) in [6, 6.07) is 9.57. The molecule has 0 radical (unpaired) electrons. The number of nitrogens with zero attached hydrogens (tertiary/aromatic N) is 2. The number of anilines is 2. The predicted molar refractivity (Wildman–Crippen MR) is 90.7 cm³/mol. The molecule has 22 heavy (non-hydrogen) atoms. The lowest BCUT2D eigenvalue weighted by molar-refractivity contribution is 0.601. The average molecular weight is 354 g/mol. The van der Waals surface area contributed by atoms with Crippen molar-refractivity contribution in [1.29, 1.82) is 0 Å². The van der Waals surface area contributed by atoms with E-state index in [4.69, 9.17) is 24.8 Å². The summed E-state index contributed by atoms with van der Waals surface area (Å²) in [7, 11) is -3.75. The summed E-state index contributed by atoms with van der Waals surface area (Å²) in [5.41, 5.74) is 5.78. The number of hydrogen-bond donors (Lipinski definition) is 3. The highest BCUT2D eigenvalue weighted by atomic mass is 32.2. The SMILES string of the molecule is Cc1cc(NNC(=S)[S-])nc(NS(=O)(=O)c2ccccc2)n1. The van der Waals surface area contributed by atoms with Crippen LogP contribution in [0.5, 0.6) is 0 Å². The van der Waals surface area contributed by atoms with Crippen LogP contribution in [0.1, 0.15) is 5.69 Å². The molecule has 7 nitrogen and oxygen atoms in total. The molecule has 0 bridgehead atoms. The first-order valence-corrected chi connectivity index (χ1v) is 8.33. The van der Waals surface area contributed by atoms with Crippen molar-refractivity contribution in [3.8, 4) is 0 Å². The van der Waals surface area contributed by atoms with E-state index in [1.165, 1.54) is 12.1 Å². The molecule has 2 aromatic rings. The van der Waals surface area contributed by atoms with Gasteiger partial charge >= 0.3 is 0 Å². The van der Waals surface area contributed by atoms with Crippen LogP contribution >= 0.6 is 12.2 Å². The molecule has 0 aliphatic carbocycles. The van der Waals surface area contributed by atoms with Crippen LogP contribution in [-0.4, -0.2) is 22.7 Å². The van der Waals surface area contributed by atoms with Crippen LogP contribution in [0.3, 0.4) is 0 Å². The maximum absolute atomic E-state index is 12.2. The van der Waals surface area contributed by atoms with E-state index in [1.807, 2.05) is 0 Å². The lowest BCUT2D eigenvalue weighted by atomic mass is 10.4.